The molecule has 0 radical (unpaired) electrons. The first-order chi connectivity index (χ1) is 7.71. The second-order valence-corrected chi connectivity index (χ2v) is 4.66. The Balaban J connectivity index is 2.52. The summed E-state index contributed by atoms with van der Waals surface area (Å²) in [6, 6.07) is 0. The highest BCUT2D eigenvalue weighted by molar-refractivity contribution is 5.78. The highest BCUT2D eigenvalue weighted by Gasteiger charge is 2.50. The van der Waals surface area contributed by atoms with Crippen LogP contribution in [0.1, 0.15) is 38.5 Å². The summed E-state index contributed by atoms with van der Waals surface area (Å²) in [7, 11) is 1.43. The zero-order valence-electron chi connectivity index (χ0n) is 10.1. The molecule has 1 aliphatic carbocycles. The van der Waals surface area contributed by atoms with E-state index in [2.05, 4.69) is 0 Å². The van der Waals surface area contributed by atoms with Gasteiger partial charge < -0.3 is 15.6 Å². The van der Waals surface area contributed by atoms with Gasteiger partial charge in [-0.05, 0) is 31.6 Å². The van der Waals surface area contributed by atoms with Gasteiger partial charge in [0.25, 0.3) is 0 Å². The summed E-state index contributed by atoms with van der Waals surface area (Å²) >= 11 is 0. The number of aliphatic hydroxyl groups is 1. The minimum absolute atomic E-state index is 0.151. The number of hydrogen-bond acceptors (Lipinski definition) is 4. The summed E-state index contributed by atoms with van der Waals surface area (Å²) in [6.07, 6.45) is 5.65. The van der Waals surface area contributed by atoms with E-state index in [1.54, 1.807) is 0 Å². The monoisotopic (exact) mass is 229 g/mol. The largest absolute Gasteiger partial charge is 0.469 e. The minimum atomic E-state index is -0.454. The fraction of sp³-hybridized carbons (Fsp3) is 0.917. The Morgan fingerprint density at radius 1 is 1.44 bits per heavy atom. The lowest BCUT2D eigenvalue weighted by Gasteiger charge is -2.29. The van der Waals surface area contributed by atoms with Crippen molar-refractivity contribution < 1.29 is 14.6 Å². The van der Waals surface area contributed by atoms with Crippen molar-refractivity contribution in [3.8, 4) is 0 Å². The Morgan fingerprint density at radius 3 is 2.56 bits per heavy atom. The molecule has 16 heavy (non-hydrogen) atoms. The van der Waals surface area contributed by atoms with Crippen LogP contribution in [0.3, 0.4) is 0 Å². The molecule has 94 valence electrons. The molecule has 0 aromatic heterocycles. The average molecular weight is 229 g/mol. The van der Waals surface area contributed by atoms with Crippen molar-refractivity contribution in [2.24, 2.45) is 17.1 Å². The maximum atomic E-state index is 11.9. The van der Waals surface area contributed by atoms with Crippen molar-refractivity contribution in [1.82, 2.24) is 0 Å². The second kappa shape index (κ2) is 6.21. The van der Waals surface area contributed by atoms with Gasteiger partial charge in [0.1, 0.15) is 0 Å². The average Bonchev–Trinajstić information content (AvgIpc) is 3.13. The van der Waals surface area contributed by atoms with Crippen LogP contribution in [0, 0.1) is 11.3 Å². The van der Waals surface area contributed by atoms with E-state index in [1.807, 2.05) is 0 Å². The third-order valence-corrected chi connectivity index (χ3v) is 3.60. The van der Waals surface area contributed by atoms with E-state index in [1.165, 1.54) is 7.11 Å². The topological polar surface area (TPSA) is 72.5 Å². The zero-order valence-corrected chi connectivity index (χ0v) is 10.1. The molecule has 0 aromatic rings. The summed E-state index contributed by atoms with van der Waals surface area (Å²) in [5.41, 5.74) is 5.34. The summed E-state index contributed by atoms with van der Waals surface area (Å²) in [4.78, 5) is 11.9. The molecule has 3 N–H and O–H groups in total. The Hall–Kier alpha value is -0.610. The Kier molecular flexibility index (Phi) is 5.22. The van der Waals surface area contributed by atoms with Crippen molar-refractivity contribution in [3.63, 3.8) is 0 Å². The van der Waals surface area contributed by atoms with Crippen LogP contribution in [-0.2, 0) is 9.53 Å². The summed E-state index contributed by atoms with van der Waals surface area (Å²) in [6.45, 7) is 0.598. The first-order valence-electron chi connectivity index (χ1n) is 6.10. The van der Waals surface area contributed by atoms with E-state index in [4.69, 9.17) is 15.6 Å². The third kappa shape index (κ3) is 2.95. The van der Waals surface area contributed by atoms with Crippen LogP contribution in [-0.4, -0.2) is 31.3 Å². The fourth-order valence-electron chi connectivity index (χ4n) is 2.39. The normalized spacial score (nSPS) is 19.2. The van der Waals surface area contributed by atoms with Crippen molar-refractivity contribution in [2.45, 2.75) is 38.5 Å². The molecule has 0 aliphatic heterocycles. The van der Waals surface area contributed by atoms with Gasteiger partial charge in [-0.3, -0.25) is 4.79 Å². The SMILES string of the molecule is COC(=O)C(CN)(CCCCCO)C1CC1. The van der Waals surface area contributed by atoms with Crippen molar-refractivity contribution in [1.29, 1.82) is 0 Å². The van der Waals surface area contributed by atoms with Gasteiger partial charge >= 0.3 is 5.97 Å². The maximum Gasteiger partial charge on any atom is 0.313 e. The molecule has 0 aromatic carbocycles. The standard InChI is InChI=1S/C12H23NO3/c1-16-11(15)12(9-13,10-5-6-10)7-3-2-4-8-14/h10,14H,2-9,13H2,1H3. The van der Waals surface area contributed by atoms with Crippen LogP contribution in [0.25, 0.3) is 0 Å². The Labute approximate surface area is 97.2 Å². The molecule has 1 fully saturated rings. The molecule has 1 atom stereocenters. The van der Waals surface area contributed by atoms with Gasteiger partial charge in [0.05, 0.1) is 12.5 Å². The summed E-state index contributed by atoms with van der Waals surface area (Å²) in [5.74, 6) is 0.264. The molecule has 4 heteroatoms. The van der Waals surface area contributed by atoms with Crippen LogP contribution in [0.2, 0.25) is 0 Å². The minimum Gasteiger partial charge on any atom is -0.469 e. The highest BCUT2D eigenvalue weighted by atomic mass is 16.5. The predicted octanol–water partition coefficient (Wildman–Crippen LogP) is 1.07. The first-order valence-corrected chi connectivity index (χ1v) is 6.10. The molecule has 4 nitrogen and oxygen atoms in total. The lowest BCUT2D eigenvalue weighted by Crippen LogP contribution is -2.41. The number of hydrogen-bond donors (Lipinski definition) is 2. The smallest absolute Gasteiger partial charge is 0.313 e. The van der Waals surface area contributed by atoms with Crippen molar-refractivity contribution >= 4 is 5.97 Å². The van der Waals surface area contributed by atoms with Gasteiger partial charge in [0.2, 0.25) is 0 Å². The van der Waals surface area contributed by atoms with Crippen molar-refractivity contribution in [3.05, 3.63) is 0 Å². The van der Waals surface area contributed by atoms with E-state index in [9.17, 15) is 4.79 Å². The molecule has 0 spiro atoms. The Morgan fingerprint density at radius 2 is 2.12 bits per heavy atom. The summed E-state index contributed by atoms with van der Waals surface area (Å²) < 4.78 is 4.90. The van der Waals surface area contributed by atoms with Crippen molar-refractivity contribution in [2.75, 3.05) is 20.3 Å². The number of nitrogens with two attached hydrogens (primary N) is 1. The van der Waals surface area contributed by atoms with Crippen LogP contribution >= 0.6 is 0 Å². The van der Waals surface area contributed by atoms with Gasteiger partial charge in [-0.1, -0.05) is 12.8 Å². The van der Waals surface area contributed by atoms with E-state index in [0.29, 0.717) is 12.5 Å². The number of carbonyl (C=O) groups is 1. The maximum absolute atomic E-state index is 11.9. The molecule has 1 rings (SSSR count). The van der Waals surface area contributed by atoms with Gasteiger partial charge in [0.15, 0.2) is 0 Å². The molecule has 1 aliphatic rings. The van der Waals surface area contributed by atoms with Gasteiger partial charge in [-0.2, -0.15) is 0 Å². The number of rotatable bonds is 8. The predicted molar refractivity (Wildman–Crippen MR) is 61.8 cm³/mol. The summed E-state index contributed by atoms with van der Waals surface area (Å²) in [5, 5.41) is 8.71. The number of esters is 1. The third-order valence-electron chi connectivity index (χ3n) is 3.60. The van der Waals surface area contributed by atoms with E-state index in [-0.39, 0.29) is 12.6 Å². The number of carbonyl (C=O) groups excluding carboxylic acids is 1. The van der Waals surface area contributed by atoms with Crippen LogP contribution in [0.4, 0.5) is 0 Å². The molecule has 0 heterocycles. The van der Waals surface area contributed by atoms with Crippen LogP contribution in [0.15, 0.2) is 0 Å². The fourth-order valence-corrected chi connectivity index (χ4v) is 2.39. The number of ether oxygens (including phenoxy) is 1. The van der Waals surface area contributed by atoms with Crippen LogP contribution < -0.4 is 5.73 Å². The number of aliphatic hydroxyl groups excluding tert-OH is 1. The van der Waals surface area contributed by atoms with Gasteiger partial charge in [-0.15, -0.1) is 0 Å². The highest BCUT2D eigenvalue weighted by Crippen LogP contribution is 2.48. The molecule has 1 saturated carbocycles. The Bertz CT molecular complexity index is 228. The molecule has 0 amide bonds. The molecular formula is C12H23NO3. The van der Waals surface area contributed by atoms with Gasteiger partial charge in [-0.25, -0.2) is 0 Å². The molecular weight excluding hydrogens is 206 g/mol. The first kappa shape index (κ1) is 13.5. The van der Waals surface area contributed by atoms with Gasteiger partial charge in [0, 0.05) is 13.2 Å². The second-order valence-electron chi connectivity index (χ2n) is 4.66. The lowest BCUT2D eigenvalue weighted by atomic mass is 9.78. The lowest BCUT2D eigenvalue weighted by molar-refractivity contribution is -0.154. The van der Waals surface area contributed by atoms with E-state index in [0.717, 1.165) is 38.5 Å². The quantitative estimate of drug-likeness (QED) is 0.482. The molecule has 0 saturated heterocycles. The van der Waals surface area contributed by atoms with E-state index >= 15 is 0 Å². The number of methoxy groups -OCH3 is 1. The van der Waals surface area contributed by atoms with Crippen LogP contribution in [0.5, 0.6) is 0 Å². The molecule has 0 bridgehead atoms. The molecule has 1 unspecified atom stereocenters. The number of unbranched alkanes of at least 4 members (excludes halogenated alkanes) is 2. The van der Waals surface area contributed by atoms with E-state index < -0.39 is 5.41 Å². The zero-order chi connectivity index (χ0) is 12.0.